The van der Waals surface area contributed by atoms with Crippen molar-refractivity contribution in [1.82, 2.24) is 20.1 Å². The van der Waals surface area contributed by atoms with Crippen LogP contribution in [0.3, 0.4) is 0 Å². The fourth-order valence-corrected chi connectivity index (χ4v) is 3.00. The topological polar surface area (TPSA) is 59.8 Å². The Morgan fingerprint density at radius 3 is 2.95 bits per heavy atom. The lowest BCUT2D eigenvalue weighted by atomic mass is 10.2. The van der Waals surface area contributed by atoms with Crippen molar-refractivity contribution in [3.63, 3.8) is 0 Å². The molecule has 0 saturated heterocycles. The molecule has 0 spiro atoms. The summed E-state index contributed by atoms with van der Waals surface area (Å²) in [5.41, 5.74) is 0.848. The van der Waals surface area contributed by atoms with E-state index in [4.69, 9.17) is 11.6 Å². The first kappa shape index (κ1) is 15.0. The third kappa shape index (κ3) is 3.58. The van der Waals surface area contributed by atoms with Gasteiger partial charge in [-0.05, 0) is 19.4 Å². The lowest BCUT2D eigenvalue weighted by molar-refractivity contribution is -0.124. The molecule has 0 bridgehead atoms. The molecule has 2 rings (SSSR count). The summed E-state index contributed by atoms with van der Waals surface area (Å²) in [5.74, 6) is -0.0180. The molecule has 2 heterocycles. The summed E-state index contributed by atoms with van der Waals surface area (Å²) < 4.78 is 2.40. The van der Waals surface area contributed by atoms with Gasteiger partial charge < -0.3 is 5.32 Å². The fourth-order valence-electron chi connectivity index (χ4n) is 1.91. The monoisotopic (exact) mass is 312 g/mol. The van der Waals surface area contributed by atoms with E-state index in [1.54, 1.807) is 17.1 Å². The molecule has 0 aliphatic carbocycles. The van der Waals surface area contributed by atoms with Gasteiger partial charge >= 0.3 is 0 Å². The first-order valence-electron chi connectivity index (χ1n) is 6.50. The predicted octanol–water partition coefficient (Wildman–Crippen LogP) is 2.61. The van der Waals surface area contributed by atoms with Gasteiger partial charge in [-0.1, -0.05) is 18.5 Å². The van der Waals surface area contributed by atoms with Crippen LogP contribution in [0.15, 0.2) is 18.5 Å². The molecule has 0 saturated carbocycles. The Labute approximate surface area is 127 Å². The molecule has 2 aromatic rings. The van der Waals surface area contributed by atoms with Crippen molar-refractivity contribution in [2.75, 3.05) is 6.54 Å². The predicted molar refractivity (Wildman–Crippen MR) is 80.1 cm³/mol. The fraction of sp³-hybridized carbons (Fsp3) is 0.462. The van der Waals surface area contributed by atoms with E-state index in [9.17, 15) is 4.79 Å². The number of amides is 1. The number of halogens is 1. The van der Waals surface area contributed by atoms with Gasteiger partial charge in [-0.15, -0.1) is 11.3 Å². The molecule has 2 aromatic heterocycles. The Morgan fingerprint density at radius 2 is 2.40 bits per heavy atom. The van der Waals surface area contributed by atoms with Crippen molar-refractivity contribution in [2.45, 2.75) is 32.7 Å². The van der Waals surface area contributed by atoms with Crippen molar-refractivity contribution in [2.24, 2.45) is 0 Å². The van der Waals surface area contributed by atoms with Gasteiger partial charge in [0.05, 0.1) is 10.7 Å². The maximum atomic E-state index is 12.1. The number of rotatable bonds is 6. The van der Waals surface area contributed by atoms with Crippen LogP contribution >= 0.6 is 22.9 Å². The van der Waals surface area contributed by atoms with E-state index in [2.05, 4.69) is 15.4 Å². The summed E-state index contributed by atoms with van der Waals surface area (Å²) in [5, 5.41) is 7.99. The van der Waals surface area contributed by atoms with Crippen LogP contribution < -0.4 is 5.32 Å². The maximum absolute atomic E-state index is 12.1. The first-order chi connectivity index (χ1) is 9.61. The van der Waals surface area contributed by atoms with Crippen LogP contribution in [-0.4, -0.2) is 27.2 Å². The summed E-state index contributed by atoms with van der Waals surface area (Å²) >= 11 is 7.43. The van der Waals surface area contributed by atoms with E-state index >= 15 is 0 Å². The lowest BCUT2D eigenvalue weighted by Crippen LogP contribution is -2.33. The Bertz CT molecular complexity index is 547. The SMILES string of the molecule is CCC(C(=O)NCCc1nc(C)c(Cl)s1)n1cccn1. The van der Waals surface area contributed by atoms with Crippen LogP contribution in [0.1, 0.15) is 30.1 Å². The minimum Gasteiger partial charge on any atom is -0.354 e. The number of nitrogens with zero attached hydrogens (tertiary/aromatic N) is 3. The minimum atomic E-state index is -0.258. The summed E-state index contributed by atoms with van der Waals surface area (Å²) in [6.45, 7) is 4.40. The highest BCUT2D eigenvalue weighted by Crippen LogP contribution is 2.23. The second-order valence-corrected chi connectivity index (χ2v) is 6.10. The number of thiazole rings is 1. The van der Waals surface area contributed by atoms with Crippen LogP contribution in [0.25, 0.3) is 0 Å². The van der Waals surface area contributed by atoms with Crippen LogP contribution in [0.4, 0.5) is 0 Å². The zero-order valence-corrected chi connectivity index (χ0v) is 13.0. The number of hydrogen-bond donors (Lipinski definition) is 1. The number of hydrogen-bond acceptors (Lipinski definition) is 4. The van der Waals surface area contributed by atoms with Crippen LogP contribution in [0.2, 0.25) is 4.34 Å². The van der Waals surface area contributed by atoms with Crippen molar-refractivity contribution in [3.05, 3.63) is 33.5 Å². The molecule has 0 aromatic carbocycles. The van der Waals surface area contributed by atoms with E-state index in [-0.39, 0.29) is 11.9 Å². The van der Waals surface area contributed by atoms with Gasteiger partial charge in [-0.3, -0.25) is 9.48 Å². The molecule has 1 N–H and O–H groups in total. The third-order valence-corrected chi connectivity index (χ3v) is 4.47. The van der Waals surface area contributed by atoms with Gasteiger partial charge in [0.25, 0.3) is 0 Å². The molecule has 7 heteroatoms. The third-order valence-electron chi connectivity index (χ3n) is 2.96. The highest BCUT2D eigenvalue weighted by Gasteiger charge is 2.18. The van der Waals surface area contributed by atoms with Crippen molar-refractivity contribution >= 4 is 28.8 Å². The Balaban J connectivity index is 1.85. The standard InChI is InChI=1S/C13H17ClN4OS/c1-3-10(18-8-4-6-16-18)13(19)15-7-5-11-17-9(2)12(14)20-11/h4,6,8,10H,3,5,7H2,1-2H3,(H,15,19). The van der Waals surface area contributed by atoms with Gasteiger partial charge in [0, 0.05) is 25.4 Å². The van der Waals surface area contributed by atoms with Gasteiger partial charge in [0.15, 0.2) is 0 Å². The molecule has 5 nitrogen and oxygen atoms in total. The number of aromatic nitrogens is 3. The normalized spacial score (nSPS) is 12.3. The Morgan fingerprint density at radius 1 is 1.60 bits per heavy atom. The Kier molecular flexibility index (Phi) is 5.14. The van der Waals surface area contributed by atoms with Gasteiger partial charge in [-0.2, -0.15) is 5.10 Å². The van der Waals surface area contributed by atoms with E-state index in [1.165, 1.54) is 11.3 Å². The molecule has 1 amide bonds. The molecule has 20 heavy (non-hydrogen) atoms. The number of carbonyl (C=O) groups is 1. The quantitative estimate of drug-likeness (QED) is 0.892. The van der Waals surface area contributed by atoms with E-state index in [1.807, 2.05) is 19.9 Å². The Hall–Kier alpha value is -1.40. The second kappa shape index (κ2) is 6.85. The van der Waals surface area contributed by atoms with Gasteiger partial charge in [-0.25, -0.2) is 4.98 Å². The molecular weight excluding hydrogens is 296 g/mol. The molecule has 0 aliphatic heterocycles. The highest BCUT2D eigenvalue weighted by atomic mass is 35.5. The average Bonchev–Trinajstić information content (AvgIpc) is 3.02. The van der Waals surface area contributed by atoms with Crippen molar-refractivity contribution in [3.8, 4) is 0 Å². The zero-order valence-electron chi connectivity index (χ0n) is 11.5. The molecule has 108 valence electrons. The molecule has 0 fully saturated rings. The highest BCUT2D eigenvalue weighted by molar-refractivity contribution is 7.16. The van der Waals surface area contributed by atoms with E-state index in [0.717, 1.165) is 10.7 Å². The van der Waals surface area contributed by atoms with Crippen LogP contribution in [0.5, 0.6) is 0 Å². The van der Waals surface area contributed by atoms with Crippen LogP contribution in [0, 0.1) is 6.92 Å². The minimum absolute atomic E-state index is 0.0180. The average molecular weight is 313 g/mol. The molecule has 1 unspecified atom stereocenters. The summed E-state index contributed by atoms with van der Waals surface area (Å²) in [4.78, 5) is 16.5. The second-order valence-electron chi connectivity index (χ2n) is 4.42. The van der Waals surface area contributed by atoms with Crippen LogP contribution in [-0.2, 0) is 11.2 Å². The maximum Gasteiger partial charge on any atom is 0.244 e. The molecule has 1 atom stereocenters. The number of aryl methyl sites for hydroxylation is 1. The van der Waals surface area contributed by atoms with Gasteiger partial charge in [0.2, 0.25) is 5.91 Å². The first-order valence-corrected chi connectivity index (χ1v) is 7.70. The van der Waals surface area contributed by atoms with E-state index in [0.29, 0.717) is 23.7 Å². The molecule has 0 aliphatic rings. The molecule has 0 radical (unpaired) electrons. The number of nitrogens with one attached hydrogen (secondary N) is 1. The van der Waals surface area contributed by atoms with E-state index < -0.39 is 0 Å². The lowest BCUT2D eigenvalue weighted by Gasteiger charge is -2.15. The van der Waals surface area contributed by atoms with Gasteiger partial charge in [0.1, 0.15) is 10.4 Å². The number of carbonyl (C=O) groups excluding carboxylic acids is 1. The smallest absolute Gasteiger partial charge is 0.244 e. The summed E-state index contributed by atoms with van der Waals surface area (Å²) in [6.07, 6.45) is 4.88. The molecular formula is C13H17ClN4OS. The largest absolute Gasteiger partial charge is 0.354 e. The summed E-state index contributed by atoms with van der Waals surface area (Å²) in [6, 6.07) is 1.56. The van der Waals surface area contributed by atoms with Crippen molar-refractivity contribution in [1.29, 1.82) is 0 Å². The summed E-state index contributed by atoms with van der Waals surface area (Å²) in [7, 11) is 0. The van der Waals surface area contributed by atoms with Crippen molar-refractivity contribution < 1.29 is 4.79 Å². The zero-order chi connectivity index (χ0) is 14.5.